The number of hydrazine groups is 1. The van der Waals surface area contributed by atoms with Crippen LogP contribution in [0.15, 0.2) is 54.7 Å². The molecule has 2 aromatic heterocycles. The van der Waals surface area contributed by atoms with Gasteiger partial charge >= 0.3 is 5.97 Å². The van der Waals surface area contributed by atoms with E-state index in [1.807, 2.05) is 64.9 Å². The molecule has 4 amide bonds. The van der Waals surface area contributed by atoms with Crippen LogP contribution in [0.3, 0.4) is 0 Å². The number of amides is 4. The molecule has 372 valence electrons. The zero-order valence-corrected chi connectivity index (χ0v) is 42.3. The van der Waals surface area contributed by atoms with Gasteiger partial charge in [-0.25, -0.2) is 5.43 Å². The lowest BCUT2D eigenvalue weighted by Crippen LogP contribution is -2.62. The number of phenols is 1. The first-order chi connectivity index (χ1) is 32.7. The summed E-state index contributed by atoms with van der Waals surface area (Å²) in [6, 6.07) is 12.2. The fraction of sp³-hybridized carbons (Fsp3) is 0.547. The number of carbonyl (C=O) groups excluding carboxylic acids is 5. The topological polar surface area (TPSA) is 179 Å². The van der Waals surface area contributed by atoms with Crippen molar-refractivity contribution >= 4 is 40.5 Å². The molecule has 16 nitrogen and oxygen atoms in total. The van der Waals surface area contributed by atoms with Gasteiger partial charge in [0.2, 0.25) is 17.7 Å². The van der Waals surface area contributed by atoms with Gasteiger partial charge in [-0.2, -0.15) is 0 Å². The Balaban J connectivity index is 1.28. The van der Waals surface area contributed by atoms with Gasteiger partial charge in [-0.15, -0.1) is 0 Å². The quantitative estimate of drug-likeness (QED) is 0.156. The molecule has 7 rings (SSSR count). The third kappa shape index (κ3) is 10.8. The minimum absolute atomic E-state index is 0.00892. The van der Waals surface area contributed by atoms with Crippen LogP contribution in [0.2, 0.25) is 0 Å². The summed E-state index contributed by atoms with van der Waals surface area (Å²) < 4.78 is 14.2. The Hall–Kier alpha value is -5.84. The van der Waals surface area contributed by atoms with Crippen LogP contribution in [0.5, 0.6) is 5.75 Å². The van der Waals surface area contributed by atoms with Gasteiger partial charge in [-0.05, 0) is 125 Å². The number of hydrogen-bond acceptors (Lipinski definition) is 11. The Kier molecular flexibility index (Phi) is 15.5. The number of pyridine rings is 1. The van der Waals surface area contributed by atoms with Gasteiger partial charge in [0.05, 0.1) is 36.1 Å². The van der Waals surface area contributed by atoms with Crippen molar-refractivity contribution in [1.82, 2.24) is 40.0 Å². The molecule has 1 unspecified atom stereocenters. The Labute approximate surface area is 406 Å². The third-order valence-corrected chi connectivity index (χ3v) is 14.3. The standard InChI is InChI=1S/C53H72N8O8/c1-12-60-44-18-17-35-27-40(44)41(47(60)39-15-13-20-54-45(39)33(5)68-11)28-53(6,7)30-69-52(67)42-16-14-21-61(56-42)51(66)43(25-34-23-37(35)26-38(62)24-34)55-48(63)46(31(2)3)58(10)50(65)36-19-22-59(29-36)49(64)32(4)57(8)9/h13,15,17-18,20,23-24,26-27,31-33,36,42-43,46,56,62H,12,14,16,19,21-22,25,28-30H2,1-11H3,(H,55,63)/t32-,33+,36+,42+,43+,46?/m1/s1. The van der Waals surface area contributed by atoms with Crippen LogP contribution in [0.25, 0.3) is 33.3 Å². The molecular formula is C53H72N8O8. The first-order valence-corrected chi connectivity index (χ1v) is 24.5. The largest absolute Gasteiger partial charge is 0.508 e. The third-order valence-electron chi connectivity index (χ3n) is 14.3. The molecule has 16 heteroatoms. The van der Waals surface area contributed by atoms with Crippen molar-refractivity contribution in [2.75, 3.05) is 54.5 Å². The van der Waals surface area contributed by atoms with E-state index in [0.29, 0.717) is 44.3 Å². The number of rotatable bonds is 11. The summed E-state index contributed by atoms with van der Waals surface area (Å²) in [5.74, 6) is -2.62. The number of methoxy groups -OCH3 is 1. The SMILES string of the molecule is CCn1c(-c2cccnc2[C@H](C)OC)c2c3cc(ccc31)-c1cc(O)cc(c1)C[C@H](NC(=O)C(C(C)C)N(C)C(=O)[C@H]1CCN(C(=O)[C@@H](C)N(C)C)C1)C(=O)N1CCC[C@H](N1)C(=O)OCC(C)(C)C2. The number of nitrogens with one attached hydrogen (secondary N) is 2. The summed E-state index contributed by atoms with van der Waals surface area (Å²) in [4.78, 5) is 80.5. The average Bonchev–Trinajstić information content (AvgIpc) is 3.94. The second kappa shape index (κ2) is 21.0. The van der Waals surface area contributed by atoms with Crippen LogP contribution in [0.1, 0.15) is 90.7 Å². The van der Waals surface area contributed by atoms with Crippen molar-refractivity contribution < 1.29 is 38.6 Å². The lowest BCUT2D eigenvalue weighted by Gasteiger charge is -2.37. The summed E-state index contributed by atoms with van der Waals surface area (Å²) in [7, 11) is 6.96. The molecule has 6 atom stereocenters. The Morgan fingerprint density at radius 3 is 2.46 bits per heavy atom. The summed E-state index contributed by atoms with van der Waals surface area (Å²) in [5.41, 5.74) is 9.55. The fourth-order valence-corrected chi connectivity index (χ4v) is 10.3. The Morgan fingerprint density at radius 2 is 1.77 bits per heavy atom. The number of aromatic nitrogens is 2. The normalized spacial score (nSPS) is 21.2. The highest BCUT2D eigenvalue weighted by atomic mass is 16.5. The van der Waals surface area contributed by atoms with E-state index in [9.17, 15) is 29.1 Å². The summed E-state index contributed by atoms with van der Waals surface area (Å²) in [5, 5.41) is 16.8. The number of hydrogen-bond donors (Lipinski definition) is 3. The van der Waals surface area contributed by atoms with Crippen LogP contribution in [0.4, 0.5) is 0 Å². The van der Waals surface area contributed by atoms with Crippen LogP contribution < -0.4 is 10.7 Å². The number of likely N-dealkylation sites (N-methyl/N-ethyl adjacent to an activating group) is 2. The van der Waals surface area contributed by atoms with E-state index in [-0.39, 0.29) is 61.7 Å². The molecule has 6 bridgehead atoms. The van der Waals surface area contributed by atoms with Gasteiger partial charge in [0.15, 0.2) is 0 Å². The number of phenolic OH excluding ortho intramolecular Hbond substituents is 1. The van der Waals surface area contributed by atoms with Gasteiger partial charge in [0.25, 0.3) is 5.91 Å². The maximum absolute atomic E-state index is 14.8. The van der Waals surface area contributed by atoms with E-state index in [1.54, 1.807) is 37.4 Å². The van der Waals surface area contributed by atoms with E-state index in [0.717, 1.165) is 44.5 Å². The van der Waals surface area contributed by atoms with Crippen LogP contribution in [-0.4, -0.2) is 143 Å². The van der Waals surface area contributed by atoms with Crippen molar-refractivity contribution in [1.29, 1.82) is 0 Å². The number of esters is 1. The number of aryl methyl sites for hydroxylation is 1. The summed E-state index contributed by atoms with van der Waals surface area (Å²) in [6.07, 6.45) is 3.45. The maximum atomic E-state index is 14.8. The highest BCUT2D eigenvalue weighted by Crippen LogP contribution is 2.42. The van der Waals surface area contributed by atoms with Crippen molar-refractivity contribution in [2.24, 2.45) is 17.3 Å². The lowest BCUT2D eigenvalue weighted by atomic mass is 9.84. The monoisotopic (exact) mass is 949 g/mol. The molecular weight excluding hydrogens is 877 g/mol. The second-order valence-corrected chi connectivity index (χ2v) is 20.6. The Morgan fingerprint density at radius 1 is 1.01 bits per heavy atom. The minimum Gasteiger partial charge on any atom is -0.508 e. The average molecular weight is 949 g/mol. The number of nitrogens with zero attached hydrogens (tertiary/aromatic N) is 6. The highest BCUT2D eigenvalue weighted by Gasteiger charge is 2.41. The fourth-order valence-electron chi connectivity index (χ4n) is 10.3. The second-order valence-electron chi connectivity index (χ2n) is 20.6. The molecule has 69 heavy (non-hydrogen) atoms. The predicted molar refractivity (Wildman–Crippen MR) is 265 cm³/mol. The zero-order valence-electron chi connectivity index (χ0n) is 42.3. The van der Waals surface area contributed by atoms with Gasteiger partial charge in [-0.3, -0.25) is 38.9 Å². The molecule has 2 aromatic carbocycles. The summed E-state index contributed by atoms with van der Waals surface area (Å²) in [6.45, 7) is 15.5. The van der Waals surface area contributed by atoms with Gasteiger partial charge in [0.1, 0.15) is 23.9 Å². The lowest BCUT2D eigenvalue weighted by molar-refractivity contribution is -0.155. The number of carbonyl (C=O) groups is 5. The van der Waals surface area contributed by atoms with Gasteiger partial charge < -0.3 is 34.3 Å². The number of fused-ring (bicyclic) bond motifs is 6. The van der Waals surface area contributed by atoms with E-state index in [1.165, 1.54) is 9.91 Å². The van der Waals surface area contributed by atoms with Crippen LogP contribution in [0, 0.1) is 17.3 Å². The molecule has 2 fully saturated rings. The number of aromatic hydroxyl groups is 1. The molecule has 0 radical (unpaired) electrons. The van der Waals surface area contributed by atoms with E-state index >= 15 is 0 Å². The van der Waals surface area contributed by atoms with E-state index in [4.69, 9.17) is 14.5 Å². The molecule has 0 aliphatic carbocycles. The number of ether oxygens (including phenoxy) is 2. The molecule has 0 spiro atoms. The van der Waals surface area contributed by atoms with Gasteiger partial charge in [-0.1, -0.05) is 39.8 Å². The zero-order chi connectivity index (χ0) is 50.1. The first kappa shape index (κ1) is 51.0. The summed E-state index contributed by atoms with van der Waals surface area (Å²) >= 11 is 0. The van der Waals surface area contributed by atoms with Crippen molar-refractivity contribution in [3.8, 4) is 28.1 Å². The van der Waals surface area contributed by atoms with E-state index in [2.05, 4.69) is 54.3 Å². The number of likely N-dealkylation sites (tertiary alicyclic amines) is 1. The molecule has 4 aromatic rings. The highest BCUT2D eigenvalue weighted by molar-refractivity contribution is 5.96. The number of benzene rings is 2. The molecule has 3 aliphatic heterocycles. The first-order valence-electron chi connectivity index (χ1n) is 24.5. The van der Waals surface area contributed by atoms with Crippen LogP contribution >= 0.6 is 0 Å². The predicted octanol–water partition coefficient (Wildman–Crippen LogP) is 5.73. The van der Waals surface area contributed by atoms with Gasteiger partial charge in [0, 0.05) is 74.8 Å². The van der Waals surface area contributed by atoms with Crippen molar-refractivity contribution in [2.45, 2.75) is 117 Å². The van der Waals surface area contributed by atoms with Crippen LogP contribution in [-0.2, 0) is 52.8 Å². The smallest absolute Gasteiger partial charge is 0.324 e. The Bertz CT molecular complexity index is 2570. The molecule has 0 saturated carbocycles. The molecule has 2 saturated heterocycles. The molecule has 3 aliphatic rings. The van der Waals surface area contributed by atoms with E-state index < -0.39 is 47.2 Å². The number of cyclic esters (lactones) is 1. The maximum Gasteiger partial charge on any atom is 0.324 e. The van der Waals surface area contributed by atoms with Crippen molar-refractivity contribution in [3.05, 3.63) is 71.5 Å². The van der Waals surface area contributed by atoms with Crippen molar-refractivity contribution in [3.63, 3.8) is 0 Å². The molecule has 3 N–H and O–H groups in total. The molecule has 5 heterocycles. The minimum atomic E-state index is -1.16.